The molecule has 1 aromatic heterocycles. The maximum Gasteiger partial charge on any atom is 0.136 e. The molecule has 1 aliphatic rings. The van der Waals surface area contributed by atoms with Crippen LogP contribution in [-0.4, -0.2) is 16.5 Å². The first-order chi connectivity index (χ1) is 8.18. The minimum atomic E-state index is 0.256. The first-order valence-corrected chi connectivity index (χ1v) is 6.80. The van der Waals surface area contributed by atoms with Crippen LogP contribution in [-0.2, 0) is 11.8 Å². The smallest absolute Gasteiger partial charge is 0.136 e. The fourth-order valence-electron chi connectivity index (χ4n) is 1.91. The van der Waals surface area contributed by atoms with Crippen LogP contribution in [0.4, 0.5) is 5.82 Å². The number of anilines is 1. The lowest BCUT2D eigenvalue weighted by atomic mass is 10.1. The van der Waals surface area contributed by atoms with Gasteiger partial charge in [-0.3, -0.25) is 0 Å². The molecule has 0 radical (unpaired) electrons. The van der Waals surface area contributed by atoms with Gasteiger partial charge in [-0.05, 0) is 25.7 Å². The Hall–Kier alpha value is -1.12. The van der Waals surface area contributed by atoms with Crippen molar-refractivity contribution in [1.82, 2.24) is 9.97 Å². The zero-order chi connectivity index (χ0) is 12.3. The lowest BCUT2D eigenvalue weighted by Gasteiger charge is -2.12. The highest BCUT2D eigenvalue weighted by Crippen LogP contribution is 2.46. The van der Waals surface area contributed by atoms with E-state index in [1.165, 1.54) is 18.5 Å². The van der Waals surface area contributed by atoms with E-state index in [2.05, 4.69) is 37.1 Å². The van der Waals surface area contributed by atoms with Gasteiger partial charge >= 0.3 is 0 Å². The summed E-state index contributed by atoms with van der Waals surface area (Å²) in [4.78, 5) is 9.38. The molecule has 1 N–H and O–H groups in total. The second kappa shape index (κ2) is 5.03. The predicted octanol–water partition coefficient (Wildman–Crippen LogP) is 3.30. The molecule has 1 fully saturated rings. The van der Waals surface area contributed by atoms with Gasteiger partial charge in [0.1, 0.15) is 11.6 Å². The third-order valence-electron chi connectivity index (χ3n) is 3.38. The summed E-state index contributed by atoms with van der Waals surface area (Å²) in [6, 6.07) is 2.11. The van der Waals surface area contributed by atoms with E-state index in [0.717, 1.165) is 37.4 Å². The summed E-state index contributed by atoms with van der Waals surface area (Å²) in [6.45, 7) is 7.62. The Morgan fingerprint density at radius 3 is 2.59 bits per heavy atom. The zero-order valence-electron chi connectivity index (χ0n) is 11.2. The van der Waals surface area contributed by atoms with E-state index in [1.807, 2.05) is 0 Å². The molecule has 3 heteroatoms. The van der Waals surface area contributed by atoms with E-state index >= 15 is 0 Å². The molecule has 3 nitrogen and oxygen atoms in total. The van der Waals surface area contributed by atoms with Gasteiger partial charge < -0.3 is 5.32 Å². The van der Waals surface area contributed by atoms with Gasteiger partial charge in [0.2, 0.25) is 0 Å². The van der Waals surface area contributed by atoms with Crippen molar-refractivity contribution < 1.29 is 0 Å². The SMILES string of the molecule is CCCNc1cc(CCC)nc(C2(C)CC2)n1. The first-order valence-electron chi connectivity index (χ1n) is 6.80. The lowest BCUT2D eigenvalue weighted by Crippen LogP contribution is -2.12. The normalized spacial score (nSPS) is 16.9. The van der Waals surface area contributed by atoms with Gasteiger partial charge in [-0.15, -0.1) is 0 Å². The molecule has 0 amide bonds. The minimum Gasteiger partial charge on any atom is -0.370 e. The average Bonchev–Trinajstić information content (AvgIpc) is 3.06. The Labute approximate surface area is 104 Å². The summed E-state index contributed by atoms with van der Waals surface area (Å²) >= 11 is 0. The molecule has 0 unspecified atom stereocenters. The molecule has 17 heavy (non-hydrogen) atoms. The summed E-state index contributed by atoms with van der Waals surface area (Å²) in [7, 11) is 0. The van der Waals surface area contributed by atoms with E-state index in [1.54, 1.807) is 0 Å². The van der Waals surface area contributed by atoms with Gasteiger partial charge in [-0.2, -0.15) is 0 Å². The molecule has 0 saturated heterocycles. The van der Waals surface area contributed by atoms with Crippen LogP contribution < -0.4 is 5.32 Å². The van der Waals surface area contributed by atoms with Crippen molar-refractivity contribution in [3.05, 3.63) is 17.6 Å². The van der Waals surface area contributed by atoms with Crippen LogP contribution >= 0.6 is 0 Å². The average molecular weight is 233 g/mol. The van der Waals surface area contributed by atoms with Crippen molar-refractivity contribution >= 4 is 5.82 Å². The second-order valence-electron chi connectivity index (χ2n) is 5.31. The van der Waals surface area contributed by atoms with Crippen LogP contribution in [0.2, 0.25) is 0 Å². The molecule has 0 bridgehead atoms. The number of hydrogen-bond donors (Lipinski definition) is 1. The molecule has 0 aliphatic heterocycles. The van der Waals surface area contributed by atoms with Gasteiger partial charge in [0, 0.05) is 23.7 Å². The molecule has 0 atom stereocenters. The molecule has 2 rings (SSSR count). The third kappa shape index (κ3) is 2.96. The highest BCUT2D eigenvalue weighted by molar-refractivity contribution is 5.38. The maximum absolute atomic E-state index is 4.71. The molecule has 1 aliphatic carbocycles. The van der Waals surface area contributed by atoms with Crippen LogP contribution in [0.5, 0.6) is 0 Å². The lowest BCUT2D eigenvalue weighted by molar-refractivity contribution is 0.693. The van der Waals surface area contributed by atoms with E-state index in [0.29, 0.717) is 0 Å². The minimum absolute atomic E-state index is 0.256. The van der Waals surface area contributed by atoms with E-state index in [4.69, 9.17) is 4.98 Å². The number of aromatic nitrogens is 2. The molecular weight excluding hydrogens is 210 g/mol. The Bertz CT molecular complexity index is 383. The number of nitrogens with one attached hydrogen (secondary N) is 1. The first kappa shape index (κ1) is 12.3. The van der Waals surface area contributed by atoms with Crippen LogP contribution in [0.1, 0.15) is 58.0 Å². The quantitative estimate of drug-likeness (QED) is 0.819. The number of aryl methyl sites for hydroxylation is 1. The molecule has 0 spiro atoms. The Kier molecular flexibility index (Phi) is 3.65. The van der Waals surface area contributed by atoms with Crippen molar-refractivity contribution in [2.45, 2.75) is 58.3 Å². The van der Waals surface area contributed by atoms with E-state index in [9.17, 15) is 0 Å². The van der Waals surface area contributed by atoms with Crippen LogP contribution in [0, 0.1) is 0 Å². The van der Waals surface area contributed by atoms with E-state index in [-0.39, 0.29) is 5.41 Å². The molecule has 1 saturated carbocycles. The van der Waals surface area contributed by atoms with Crippen LogP contribution in [0.15, 0.2) is 6.07 Å². The summed E-state index contributed by atoms with van der Waals surface area (Å²) < 4.78 is 0. The largest absolute Gasteiger partial charge is 0.370 e. The van der Waals surface area contributed by atoms with Crippen LogP contribution in [0.3, 0.4) is 0 Å². The Balaban J connectivity index is 2.22. The zero-order valence-corrected chi connectivity index (χ0v) is 11.2. The fourth-order valence-corrected chi connectivity index (χ4v) is 1.91. The number of hydrogen-bond acceptors (Lipinski definition) is 3. The van der Waals surface area contributed by atoms with Crippen molar-refractivity contribution in [3.8, 4) is 0 Å². The Morgan fingerprint density at radius 2 is 2.00 bits per heavy atom. The molecule has 0 aromatic carbocycles. The highest BCUT2D eigenvalue weighted by atomic mass is 15.0. The van der Waals surface area contributed by atoms with Gasteiger partial charge in [0.25, 0.3) is 0 Å². The topological polar surface area (TPSA) is 37.8 Å². The predicted molar refractivity (Wildman–Crippen MR) is 71.4 cm³/mol. The van der Waals surface area contributed by atoms with Gasteiger partial charge in [-0.1, -0.05) is 27.2 Å². The summed E-state index contributed by atoms with van der Waals surface area (Å²) in [6.07, 6.45) is 5.78. The van der Waals surface area contributed by atoms with E-state index < -0.39 is 0 Å². The van der Waals surface area contributed by atoms with Gasteiger partial charge in [0.05, 0.1) is 0 Å². The molecule has 94 valence electrons. The fraction of sp³-hybridized carbons (Fsp3) is 0.714. The number of nitrogens with zero attached hydrogens (tertiary/aromatic N) is 2. The highest BCUT2D eigenvalue weighted by Gasteiger charge is 2.42. The molecule has 1 aromatic rings. The molecule has 1 heterocycles. The number of rotatable bonds is 6. The molecular formula is C14H23N3. The second-order valence-corrected chi connectivity index (χ2v) is 5.31. The van der Waals surface area contributed by atoms with Crippen LogP contribution in [0.25, 0.3) is 0 Å². The summed E-state index contributed by atoms with van der Waals surface area (Å²) in [5.74, 6) is 2.05. The Morgan fingerprint density at radius 1 is 1.24 bits per heavy atom. The summed E-state index contributed by atoms with van der Waals surface area (Å²) in [5, 5.41) is 3.38. The van der Waals surface area contributed by atoms with Gasteiger partial charge in [0.15, 0.2) is 0 Å². The third-order valence-corrected chi connectivity index (χ3v) is 3.38. The standard InChI is InChI=1S/C14H23N3/c1-4-6-11-10-12(15-9-5-2)17-13(16-11)14(3)7-8-14/h10H,4-9H2,1-3H3,(H,15,16,17). The van der Waals surface area contributed by atoms with Crippen molar-refractivity contribution in [1.29, 1.82) is 0 Å². The van der Waals surface area contributed by atoms with Crippen molar-refractivity contribution in [2.24, 2.45) is 0 Å². The van der Waals surface area contributed by atoms with Crippen molar-refractivity contribution in [2.75, 3.05) is 11.9 Å². The summed E-state index contributed by atoms with van der Waals surface area (Å²) in [5.41, 5.74) is 1.44. The maximum atomic E-state index is 4.71. The van der Waals surface area contributed by atoms with Crippen molar-refractivity contribution in [3.63, 3.8) is 0 Å². The van der Waals surface area contributed by atoms with Gasteiger partial charge in [-0.25, -0.2) is 9.97 Å². The monoisotopic (exact) mass is 233 g/mol.